The zero-order valence-electron chi connectivity index (χ0n) is 17.5. The first-order valence-electron chi connectivity index (χ1n) is 10.2. The quantitative estimate of drug-likeness (QED) is 0.383. The van der Waals surface area contributed by atoms with E-state index in [4.69, 9.17) is 4.74 Å². The van der Waals surface area contributed by atoms with Gasteiger partial charge in [0.1, 0.15) is 10.3 Å². The van der Waals surface area contributed by atoms with Crippen LogP contribution in [0.3, 0.4) is 0 Å². The number of benzene rings is 2. The zero-order valence-corrected chi connectivity index (χ0v) is 19.9. The van der Waals surface area contributed by atoms with Crippen LogP contribution in [-0.2, 0) is 4.79 Å². The van der Waals surface area contributed by atoms with Gasteiger partial charge < -0.3 is 9.64 Å². The van der Waals surface area contributed by atoms with Crippen LogP contribution >= 0.6 is 27.3 Å². The molecule has 0 N–H and O–H groups in total. The summed E-state index contributed by atoms with van der Waals surface area (Å²) in [5.41, 5.74) is 2.35. The maximum absolute atomic E-state index is 13.2. The molecule has 1 amide bonds. The molecule has 9 heteroatoms. The molecule has 3 heterocycles. The van der Waals surface area contributed by atoms with Crippen molar-refractivity contribution in [1.29, 1.82) is 0 Å². The average Bonchev–Trinajstić information content (AvgIpc) is 3.41. The Hall–Kier alpha value is -3.04. The summed E-state index contributed by atoms with van der Waals surface area (Å²) in [6, 6.07) is 13.1. The fourth-order valence-corrected chi connectivity index (χ4v) is 5.01. The Kier molecular flexibility index (Phi) is 5.30. The Morgan fingerprint density at radius 2 is 1.91 bits per heavy atom. The maximum atomic E-state index is 13.2. The summed E-state index contributed by atoms with van der Waals surface area (Å²) in [4.78, 5) is 32.6. The number of aromatic nitrogens is 3. The van der Waals surface area contributed by atoms with E-state index in [9.17, 15) is 9.59 Å². The molecule has 5 rings (SSSR count). The van der Waals surface area contributed by atoms with E-state index < -0.39 is 0 Å². The maximum Gasteiger partial charge on any atom is 0.291 e. The van der Waals surface area contributed by atoms with E-state index >= 15 is 0 Å². The summed E-state index contributed by atoms with van der Waals surface area (Å²) in [6.07, 6.45) is 2.09. The normalized spacial score (nSPS) is 15.0. The van der Waals surface area contributed by atoms with E-state index in [0.29, 0.717) is 27.5 Å². The predicted molar refractivity (Wildman–Crippen MR) is 128 cm³/mol. The highest BCUT2D eigenvalue weighted by atomic mass is 79.9. The van der Waals surface area contributed by atoms with Gasteiger partial charge in [0.25, 0.3) is 11.5 Å². The van der Waals surface area contributed by atoms with Crippen LogP contribution in [0.4, 0.5) is 5.69 Å². The van der Waals surface area contributed by atoms with Crippen molar-refractivity contribution in [1.82, 2.24) is 14.6 Å². The van der Waals surface area contributed by atoms with Gasteiger partial charge in [-0.2, -0.15) is 9.50 Å². The van der Waals surface area contributed by atoms with E-state index in [0.717, 1.165) is 39.9 Å². The molecule has 32 heavy (non-hydrogen) atoms. The number of ether oxygens (including phenoxy) is 1. The zero-order chi connectivity index (χ0) is 22.4. The molecule has 0 bridgehead atoms. The molecule has 4 aromatic rings. The minimum absolute atomic E-state index is 0.210. The van der Waals surface area contributed by atoms with Crippen LogP contribution in [0.15, 0.2) is 51.7 Å². The van der Waals surface area contributed by atoms with Crippen molar-refractivity contribution < 1.29 is 9.53 Å². The summed E-state index contributed by atoms with van der Waals surface area (Å²) in [7, 11) is 1.71. The highest BCUT2D eigenvalue weighted by molar-refractivity contribution is 9.10. The molecule has 0 radical (unpaired) electrons. The van der Waals surface area contributed by atoms with Gasteiger partial charge in [-0.15, -0.1) is 5.10 Å². The number of rotatable bonds is 5. The molecular formula is C23H19BrN4O3S. The third kappa shape index (κ3) is 3.41. The van der Waals surface area contributed by atoms with Crippen molar-refractivity contribution in [3.8, 4) is 17.1 Å². The smallest absolute Gasteiger partial charge is 0.291 e. The summed E-state index contributed by atoms with van der Waals surface area (Å²) < 4.78 is 8.16. The number of thiazole rings is 1. The van der Waals surface area contributed by atoms with Crippen LogP contribution in [0.25, 0.3) is 21.9 Å². The first-order valence-corrected chi connectivity index (χ1v) is 11.8. The Morgan fingerprint density at radius 1 is 1.12 bits per heavy atom. The van der Waals surface area contributed by atoms with Gasteiger partial charge in [0.05, 0.1) is 17.9 Å². The summed E-state index contributed by atoms with van der Waals surface area (Å²) in [5, 5.41) is 4.41. The van der Waals surface area contributed by atoms with Gasteiger partial charge >= 0.3 is 0 Å². The predicted octanol–water partition coefficient (Wildman–Crippen LogP) is 3.65. The standard InChI is InChI=1S/C23H19BrN4O3S/c1-3-4-11-31-15-8-5-13(6-9-15)20-25-23-28(26-20)22(30)19(32-23)18-16-12-14(24)7-10-17(16)27(2)21(18)29/h5-10,12H,3-4,11H2,1-2H3/b19-18-. The number of unbranched alkanes of at least 4 members (excludes halogenated alkanes) is 1. The molecule has 0 saturated carbocycles. The van der Waals surface area contributed by atoms with E-state index in [1.165, 1.54) is 15.9 Å². The third-order valence-electron chi connectivity index (χ3n) is 5.37. The van der Waals surface area contributed by atoms with Gasteiger partial charge in [-0.25, -0.2) is 0 Å². The molecule has 2 aromatic carbocycles. The molecule has 162 valence electrons. The Balaban J connectivity index is 1.55. The summed E-state index contributed by atoms with van der Waals surface area (Å²) in [6.45, 7) is 2.80. The van der Waals surface area contributed by atoms with Crippen LogP contribution in [0.1, 0.15) is 25.3 Å². The number of hydrogen-bond acceptors (Lipinski definition) is 6. The van der Waals surface area contributed by atoms with Crippen molar-refractivity contribution in [2.45, 2.75) is 19.8 Å². The lowest BCUT2D eigenvalue weighted by molar-refractivity contribution is -0.112. The van der Waals surface area contributed by atoms with Crippen molar-refractivity contribution in [2.24, 2.45) is 0 Å². The van der Waals surface area contributed by atoms with Gasteiger partial charge in [0.2, 0.25) is 4.96 Å². The van der Waals surface area contributed by atoms with Crippen LogP contribution in [0.2, 0.25) is 0 Å². The number of anilines is 1. The molecule has 0 unspecified atom stereocenters. The van der Waals surface area contributed by atoms with E-state index in [1.54, 1.807) is 11.9 Å². The molecule has 1 aliphatic heterocycles. The largest absolute Gasteiger partial charge is 0.494 e. The van der Waals surface area contributed by atoms with Crippen LogP contribution < -0.4 is 19.7 Å². The van der Waals surface area contributed by atoms with Crippen LogP contribution in [-0.4, -0.2) is 34.2 Å². The van der Waals surface area contributed by atoms with Crippen molar-refractivity contribution in [3.05, 3.63) is 67.4 Å². The highest BCUT2D eigenvalue weighted by Crippen LogP contribution is 2.36. The first-order chi connectivity index (χ1) is 15.5. The fraction of sp³-hybridized carbons (Fsp3) is 0.217. The molecule has 0 spiro atoms. The topological polar surface area (TPSA) is 76.8 Å². The van der Waals surface area contributed by atoms with Crippen LogP contribution in [0.5, 0.6) is 5.75 Å². The lowest BCUT2D eigenvalue weighted by atomic mass is 10.1. The first kappa shape index (κ1) is 20.8. The minimum Gasteiger partial charge on any atom is -0.494 e. The van der Waals surface area contributed by atoms with Gasteiger partial charge in [-0.05, 0) is 48.9 Å². The molecule has 1 aliphatic rings. The molecule has 0 atom stereocenters. The van der Waals surface area contributed by atoms with E-state index in [2.05, 4.69) is 32.9 Å². The number of carbonyl (C=O) groups is 1. The number of carbonyl (C=O) groups excluding carboxylic acids is 1. The number of fused-ring (bicyclic) bond motifs is 2. The SMILES string of the molecule is CCCCOc1ccc(-c2nc3s/c(=C4\C(=O)N(C)c5ccc(Br)cc54)c(=O)n3n2)cc1. The molecule has 7 nitrogen and oxygen atoms in total. The van der Waals surface area contributed by atoms with Crippen molar-refractivity contribution in [2.75, 3.05) is 18.6 Å². The molecule has 0 saturated heterocycles. The van der Waals surface area contributed by atoms with Gasteiger partial charge in [0.15, 0.2) is 5.82 Å². The van der Waals surface area contributed by atoms with E-state index in [1.807, 2.05) is 42.5 Å². The Morgan fingerprint density at radius 3 is 2.62 bits per heavy atom. The monoisotopic (exact) mass is 510 g/mol. The third-order valence-corrected chi connectivity index (χ3v) is 6.89. The molecule has 0 fully saturated rings. The van der Waals surface area contributed by atoms with Gasteiger partial charge in [-0.1, -0.05) is 40.6 Å². The molecular weight excluding hydrogens is 492 g/mol. The Bertz CT molecular complexity index is 1460. The number of amides is 1. The molecule has 2 aromatic heterocycles. The number of likely N-dealkylation sites (N-methyl/N-ethyl adjacent to an activating group) is 1. The summed E-state index contributed by atoms with van der Waals surface area (Å²) in [5.74, 6) is 1.04. The molecule has 0 aliphatic carbocycles. The van der Waals surface area contributed by atoms with E-state index in [-0.39, 0.29) is 11.5 Å². The number of nitrogens with zero attached hydrogens (tertiary/aromatic N) is 4. The van der Waals surface area contributed by atoms with Crippen LogP contribution in [0, 0.1) is 0 Å². The second kappa shape index (κ2) is 8.14. The average molecular weight is 511 g/mol. The van der Waals surface area contributed by atoms with Gasteiger partial charge in [0, 0.05) is 22.6 Å². The second-order valence-corrected chi connectivity index (χ2v) is 9.39. The van der Waals surface area contributed by atoms with Gasteiger partial charge in [-0.3, -0.25) is 9.59 Å². The summed E-state index contributed by atoms with van der Waals surface area (Å²) >= 11 is 4.63. The fourth-order valence-electron chi connectivity index (χ4n) is 3.65. The number of hydrogen-bond donors (Lipinski definition) is 0. The Labute approximate surface area is 196 Å². The van der Waals surface area contributed by atoms with Crippen molar-refractivity contribution in [3.63, 3.8) is 0 Å². The van der Waals surface area contributed by atoms with Crippen molar-refractivity contribution >= 4 is 49.4 Å². The second-order valence-electron chi connectivity index (χ2n) is 7.49. The lowest BCUT2D eigenvalue weighted by Gasteiger charge is -2.08. The minimum atomic E-state index is -0.340. The highest BCUT2D eigenvalue weighted by Gasteiger charge is 2.32. The lowest BCUT2D eigenvalue weighted by Crippen LogP contribution is -2.30. The number of halogens is 1.